The fourth-order valence-corrected chi connectivity index (χ4v) is 0.610. The number of nitrogens with zero attached hydrogens (tertiary/aromatic N) is 1. The molecule has 1 aliphatic rings. The molecule has 0 amide bonds. The van der Waals surface area contributed by atoms with Gasteiger partial charge in [0.2, 0.25) is 0 Å². The van der Waals surface area contributed by atoms with Crippen LogP contribution in [0.4, 0.5) is 0 Å². The van der Waals surface area contributed by atoms with Crippen LogP contribution in [0.5, 0.6) is 0 Å². The van der Waals surface area contributed by atoms with Crippen LogP contribution in [0.1, 0.15) is 0 Å². The van der Waals surface area contributed by atoms with Gasteiger partial charge in [0.15, 0.2) is 0 Å². The fourth-order valence-electron chi connectivity index (χ4n) is 0.610. The number of hydrogen-bond acceptors (Lipinski definition) is 5. The SMILES string of the molecule is COC1=CN(O)C(OC)O1. The molecule has 10 heavy (non-hydrogen) atoms. The van der Waals surface area contributed by atoms with E-state index in [4.69, 9.17) is 9.94 Å². The molecule has 1 heterocycles. The first-order valence-corrected chi connectivity index (χ1v) is 2.70. The van der Waals surface area contributed by atoms with Gasteiger partial charge in [-0.1, -0.05) is 0 Å². The maximum absolute atomic E-state index is 8.92. The molecule has 0 radical (unpaired) electrons. The van der Waals surface area contributed by atoms with Crippen LogP contribution in [0, 0.1) is 0 Å². The Bertz CT molecular complexity index is 147. The summed E-state index contributed by atoms with van der Waals surface area (Å²) in [7, 11) is 2.86. The average molecular weight is 147 g/mol. The molecule has 0 bridgehead atoms. The Morgan fingerprint density at radius 1 is 1.70 bits per heavy atom. The number of ether oxygens (including phenoxy) is 3. The van der Waals surface area contributed by atoms with Crippen molar-refractivity contribution in [2.24, 2.45) is 0 Å². The third kappa shape index (κ3) is 1.14. The normalized spacial score (nSPS) is 24.1. The highest BCUT2D eigenvalue weighted by Crippen LogP contribution is 2.15. The van der Waals surface area contributed by atoms with Gasteiger partial charge < -0.3 is 14.2 Å². The van der Waals surface area contributed by atoms with E-state index in [0.29, 0.717) is 0 Å². The Kier molecular flexibility index (Phi) is 1.98. The molecule has 1 aliphatic heterocycles. The van der Waals surface area contributed by atoms with Crippen LogP contribution in [0.2, 0.25) is 0 Å². The predicted molar refractivity (Wildman–Crippen MR) is 30.6 cm³/mol. The van der Waals surface area contributed by atoms with Crippen LogP contribution in [0.3, 0.4) is 0 Å². The van der Waals surface area contributed by atoms with Gasteiger partial charge in [0.05, 0.1) is 7.11 Å². The summed E-state index contributed by atoms with van der Waals surface area (Å²) < 4.78 is 14.2. The molecule has 0 aromatic heterocycles. The molecule has 58 valence electrons. The van der Waals surface area contributed by atoms with Crippen LogP contribution >= 0.6 is 0 Å². The summed E-state index contributed by atoms with van der Waals surface area (Å²) in [6, 6.07) is 0. The van der Waals surface area contributed by atoms with E-state index < -0.39 is 6.41 Å². The number of rotatable bonds is 2. The van der Waals surface area contributed by atoms with Gasteiger partial charge >= 0.3 is 12.4 Å². The average Bonchev–Trinajstić information content (AvgIpc) is 2.30. The lowest BCUT2D eigenvalue weighted by molar-refractivity contribution is -0.257. The highest BCUT2D eigenvalue weighted by molar-refractivity contribution is 4.86. The van der Waals surface area contributed by atoms with E-state index in [9.17, 15) is 0 Å². The number of methoxy groups -OCH3 is 2. The van der Waals surface area contributed by atoms with Crippen molar-refractivity contribution in [1.82, 2.24) is 5.06 Å². The molecule has 1 atom stereocenters. The van der Waals surface area contributed by atoms with Crippen molar-refractivity contribution in [2.75, 3.05) is 14.2 Å². The number of hydrogen-bond donors (Lipinski definition) is 1. The third-order valence-corrected chi connectivity index (χ3v) is 1.07. The van der Waals surface area contributed by atoms with E-state index >= 15 is 0 Å². The van der Waals surface area contributed by atoms with Crippen molar-refractivity contribution in [3.05, 3.63) is 12.1 Å². The first kappa shape index (κ1) is 7.17. The topological polar surface area (TPSA) is 51.2 Å². The lowest BCUT2D eigenvalue weighted by Gasteiger charge is -2.14. The minimum absolute atomic E-state index is 0.231. The summed E-state index contributed by atoms with van der Waals surface area (Å²) in [4.78, 5) is 0. The van der Waals surface area contributed by atoms with Gasteiger partial charge in [0.1, 0.15) is 6.20 Å². The Morgan fingerprint density at radius 2 is 2.40 bits per heavy atom. The van der Waals surface area contributed by atoms with E-state index in [2.05, 4.69) is 9.47 Å². The van der Waals surface area contributed by atoms with Crippen LogP contribution in [0.15, 0.2) is 12.1 Å². The quantitative estimate of drug-likeness (QED) is 0.599. The monoisotopic (exact) mass is 147 g/mol. The van der Waals surface area contributed by atoms with Crippen molar-refractivity contribution in [3.8, 4) is 0 Å². The first-order valence-electron chi connectivity index (χ1n) is 2.70. The van der Waals surface area contributed by atoms with Crippen molar-refractivity contribution in [3.63, 3.8) is 0 Å². The fraction of sp³-hybridized carbons (Fsp3) is 0.600. The maximum Gasteiger partial charge on any atom is 0.308 e. The van der Waals surface area contributed by atoms with Crippen molar-refractivity contribution < 1.29 is 19.4 Å². The molecular formula is C5H9NO4. The summed E-state index contributed by atoms with van der Waals surface area (Å²) in [5, 5.41) is 9.69. The highest BCUT2D eigenvalue weighted by Gasteiger charge is 2.24. The molecule has 0 spiro atoms. The molecule has 1 rings (SSSR count). The largest absolute Gasteiger partial charge is 0.468 e. The van der Waals surface area contributed by atoms with Gasteiger partial charge in [0, 0.05) is 7.11 Å². The zero-order valence-electron chi connectivity index (χ0n) is 5.77. The van der Waals surface area contributed by atoms with E-state index in [1.165, 1.54) is 20.4 Å². The van der Waals surface area contributed by atoms with E-state index in [1.54, 1.807) is 0 Å². The molecule has 0 saturated carbocycles. The molecular weight excluding hydrogens is 138 g/mol. The molecule has 5 nitrogen and oxygen atoms in total. The van der Waals surface area contributed by atoms with Gasteiger partial charge in [-0.15, -0.1) is 0 Å². The molecule has 0 saturated heterocycles. The van der Waals surface area contributed by atoms with E-state index in [-0.39, 0.29) is 5.95 Å². The second-order valence-corrected chi connectivity index (χ2v) is 1.69. The zero-order valence-corrected chi connectivity index (χ0v) is 5.77. The summed E-state index contributed by atoms with van der Waals surface area (Å²) in [5.41, 5.74) is 0. The highest BCUT2D eigenvalue weighted by atomic mass is 16.8. The second-order valence-electron chi connectivity index (χ2n) is 1.69. The first-order chi connectivity index (χ1) is 4.77. The summed E-state index contributed by atoms with van der Waals surface area (Å²) in [6.07, 6.45) is 0.503. The van der Waals surface area contributed by atoms with Gasteiger partial charge in [-0.05, 0) is 0 Å². The Labute approximate surface area is 58.4 Å². The lowest BCUT2D eigenvalue weighted by Crippen LogP contribution is -2.26. The maximum atomic E-state index is 8.92. The van der Waals surface area contributed by atoms with Gasteiger partial charge in [-0.2, -0.15) is 5.06 Å². The molecule has 0 fully saturated rings. The molecule has 0 aromatic carbocycles. The standard InChI is InChI=1S/C5H9NO4/c1-8-4-3-6(7)5(9-2)10-4/h3,5,7H,1-2H3. The van der Waals surface area contributed by atoms with Crippen LogP contribution < -0.4 is 0 Å². The van der Waals surface area contributed by atoms with Gasteiger partial charge in [-0.3, -0.25) is 5.21 Å². The summed E-state index contributed by atoms with van der Waals surface area (Å²) >= 11 is 0. The smallest absolute Gasteiger partial charge is 0.308 e. The summed E-state index contributed by atoms with van der Waals surface area (Å²) in [5.74, 6) is 0.231. The molecule has 1 N–H and O–H groups in total. The lowest BCUT2D eigenvalue weighted by atomic mass is 10.9. The molecule has 5 heteroatoms. The molecule has 0 aromatic rings. The second kappa shape index (κ2) is 2.76. The predicted octanol–water partition coefficient (Wildman–Crippen LogP) is 0.0831. The number of hydroxylamine groups is 2. The zero-order chi connectivity index (χ0) is 7.56. The molecule has 1 unspecified atom stereocenters. The Balaban J connectivity index is 2.49. The Morgan fingerprint density at radius 3 is 2.70 bits per heavy atom. The van der Waals surface area contributed by atoms with Crippen LogP contribution in [0.25, 0.3) is 0 Å². The van der Waals surface area contributed by atoms with Gasteiger partial charge in [-0.25, -0.2) is 0 Å². The minimum Gasteiger partial charge on any atom is -0.468 e. The van der Waals surface area contributed by atoms with Crippen molar-refractivity contribution in [1.29, 1.82) is 0 Å². The van der Waals surface area contributed by atoms with Crippen LogP contribution in [-0.2, 0) is 14.2 Å². The Hall–Kier alpha value is -0.940. The molecule has 0 aliphatic carbocycles. The minimum atomic E-state index is -0.782. The summed E-state index contributed by atoms with van der Waals surface area (Å²) in [6.45, 7) is 0. The van der Waals surface area contributed by atoms with Crippen molar-refractivity contribution >= 4 is 0 Å². The van der Waals surface area contributed by atoms with E-state index in [1.807, 2.05) is 0 Å². The van der Waals surface area contributed by atoms with Gasteiger partial charge in [0.25, 0.3) is 0 Å². The third-order valence-electron chi connectivity index (χ3n) is 1.07. The van der Waals surface area contributed by atoms with Crippen LogP contribution in [-0.4, -0.2) is 30.9 Å². The van der Waals surface area contributed by atoms with Crippen molar-refractivity contribution in [2.45, 2.75) is 6.41 Å². The van der Waals surface area contributed by atoms with E-state index in [0.717, 1.165) is 5.06 Å².